The first-order valence-electron chi connectivity index (χ1n) is 8.72. The van der Waals surface area contributed by atoms with E-state index in [1.165, 1.54) is 6.07 Å². The largest absolute Gasteiger partial charge is 0.457 e. The molecule has 3 aromatic heterocycles. The van der Waals surface area contributed by atoms with E-state index in [1.807, 2.05) is 30.3 Å². The van der Waals surface area contributed by atoms with Gasteiger partial charge in [0.2, 0.25) is 0 Å². The van der Waals surface area contributed by atoms with Crippen molar-refractivity contribution in [3.05, 3.63) is 94.9 Å². The molecule has 5 aromatic rings. The van der Waals surface area contributed by atoms with Gasteiger partial charge in [0.15, 0.2) is 0 Å². The van der Waals surface area contributed by atoms with Gasteiger partial charge in [-0.15, -0.1) is 0 Å². The molecule has 0 unspecified atom stereocenters. The lowest BCUT2D eigenvalue weighted by molar-refractivity contribution is 0.0474. The number of esters is 1. The molecule has 0 saturated heterocycles. The zero-order valence-electron chi connectivity index (χ0n) is 14.7. The summed E-state index contributed by atoms with van der Waals surface area (Å²) in [5, 5.41) is 2.73. The van der Waals surface area contributed by atoms with Crippen molar-refractivity contribution in [2.24, 2.45) is 0 Å². The first kappa shape index (κ1) is 16.3. The van der Waals surface area contributed by atoms with Gasteiger partial charge in [0.25, 0.3) is 0 Å². The SMILES string of the molecule is O=C(OCc1cc(=O)oc2ccc3ccccc3c12)c1ccn2cncc2c1. The van der Waals surface area contributed by atoms with Crippen LogP contribution in [-0.2, 0) is 11.3 Å². The van der Waals surface area contributed by atoms with Crippen molar-refractivity contribution in [1.82, 2.24) is 9.38 Å². The van der Waals surface area contributed by atoms with E-state index in [9.17, 15) is 9.59 Å². The zero-order valence-corrected chi connectivity index (χ0v) is 14.7. The van der Waals surface area contributed by atoms with Crippen molar-refractivity contribution in [1.29, 1.82) is 0 Å². The van der Waals surface area contributed by atoms with Gasteiger partial charge in [-0.2, -0.15) is 0 Å². The first-order chi connectivity index (χ1) is 13.7. The summed E-state index contributed by atoms with van der Waals surface area (Å²) in [4.78, 5) is 28.5. The molecule has 0 aliphatic heterocycles. The number of hydrogen-bond donors (Lipinski definition) is 0. The molecule has 5 rings (SSSR count). The van der Waals surface area contributed by atoms with Crippen LogP contribution >= 0.6 is 0 Å². The number of nitrogens with zero attached hydrogens (tertiary/aromatic N) is 2. The molecule has 0 amide bonds. The number of pyridine rings is 1. The third-order valence-corrected chi connectivity index (χ3v) is 4.72. The Kier molecular flexibility index (Phi) is 3.69. The average molecular weight is 370 g/mol. The fourth-order valence-corrected chi connectivity index (χ4v) is 3.41. The van der Waals surface area contributed by atoms with Crippen molar-refractivity contribution in [3.63, 3.8) is 0 Å². The van der Waals surface area contributed by atoms with Crippen LogP contribution in [0.5, 0.6) is 0 Å². The summed E-state index contributed by atoms with van der Waals surface area (Å²) < 4.78 is 12.6. The van der Waals surface area contributed by atoms with E-state index >= 15 is 0 Å². The van der Waals surface area contributed by atoms with Gasteiger partial charge in [-0.25, -0.2) is 14.6 Å². The van der Waals surface area contributed by atoms with Gasteiger partial charge in [-0.05, 0) is 29.0 Å². The number of imidazole rings is 1. The molecule has 6 heteroatoms. The molecule has 0 spiro atoms. The monoisotopic (exact) mass is 370 g/mol. The van der Waals surface area contributed by atoms with Crippen molar-refractivity contribution in [3.8, 4) is 0 Å². The van der Waals surface area contributed by atoms with Gasteiger partial charge < -0.3 is 13.6 Å². The van der Waals surface area contributed by atoms with Crippen LogP contribution in [0.15, 0.2) is 82.5 Å². The molecular weight excluding hydrogens is 356 g/mol. The van der Waals surface area contributed by atoms with Crippen LogP contribution in [0.3, 0.4) is 0 Å². The Hall–Kier alpha value is -3.93. The Morgan fingerprint density at radius 2 is 2.00 bits per heavy atom. The van der Waals surface area contributed by atoms with Crippen molar-refractivity contribution in [2.75, 3.05) is 0 Å². The van der Waals surface area contributed by atoms with Gasteiger partial charge in [0, 0.05) is 23.2 Å². The zero-order chi connectivity index (χ0) is 19.1. The quantitative estimate of drug-likeness (QED) is 0.273. The van der Waals surface area contributed by atoms with E-state index in [2.05, 4.69) is 4.98 Å². The van der Waals surface area contributed by atoms with Gasteiger partial charge >= 0.3 is 11.6 Å². The van der Waals surface area contributed by atoms with E-state index < -0.39 is 11.6 Å². The second kappa shape index (κ2) is 6.35. The second-order valence-corrected chi connectivity index (χ2v) is 6.47. The van der Waals surface area contributed by atoms with Gasteiger partial charge in [0.05, 0.1) is 23.6 Å². The Morgan fingerprint density at radius 1 is 1.11 bits per heavy atom. The molecular formula is C22H14N2O4. The van der Waals surface area contributed by atoms with E-state index in [0.717, 1.165) is 21.7 Å². The fourth-order valence-electron chi connectivity index (χ4n) is 3.41. The van der Waals surface area contributed by atoms with E-state index in [4.69, 9.17) is 9.15 Å². The first-order valence-corrected chi connectivity index (χ1v) is 8.72. The fraction of sp³-hybridized carbons (Fsp3) is 0.0455. The van der Waals surface area contributed by atoms with Gasteiger partial charge in [0.1, 0.15) is 12.2 Å². The summed E-state index contributed by atoms with van der Waals surface area (Å²) in [6.45, 7) is -0.0284. The van der Waals surface area contributed by atoms with Crippen molar-refractivity contribution < 1.29 is 13.9 Å². The maximum atomic E-state index is 12.5. The predicted octanol–water partition coefficient (Wildman–Crippen LogP) is 3.95. The van der Waals surface area contributed by atoms with Crippen LogP contribution < -0.4 is 5.63 Å². The Morgan fingerprint density at radius 3 is 2.93 bits per heavy atom. The highest BCUT2D eigenvalue weighted by Gasteiger charge is 2.13. The van der Waals surface area contributed by atoms with E-state index in [0.29, 0.717) is 16.7 Å². The van der Waals surface area contributed by atoms with Gasteiger partial charge in [-0.3, -0.25) is 0 Å². The number of hydrogen-bond acceptors (Lipinski definition) is 5. The molecule has 0 atom stereocenters. The summed E-state index contributed by atoms with van der Waals surface area (Å²) in [6, 6.07) is 16.2. The molecule has 0 radical (unpaired) electrons. The lowest BCUT2D eigenvalue weighted by Gasteiger charge is -2.10. The molecule has 0 N–H and O–H groups in total. The van der Waals surface area contributed by atoms with Crippen LogP contribution in [0.4, 0.5) is 0 Å². The summed E-state index contributed by atoms with van der Waals surface area (Å²) in [7, 11) is 0. The summed E-state index contributed by atoms with van der Waals surface area (Å²) in [5.41, 5.74) is 1.82. The normalized spacial score (nSPS) is 11.3. The third kappa shape index (κ3) is 2.72. The van der Waals surface area contributed by atoms with Crippen LogP contribution in [0.2, 0.25) is 0 Å². The highest BCUT2D eigenvalue weighted by atomic mass is 16.5. The summed E-state index contributed by atoms with van der Waals surface area (Å²) >= 11 is 0. The van der Waals surface area contributed by atoms with Crippen LogP contribution in [-0.4, -0.2) is 15.4 Å². The Bertz CT molecular complexity index is 1410. The molecule has 0 aliphatic carbocycles. The van der Waals surface area contributed by atoms with Gasteiger partial charge in [-0.1, -0.05) is 30.3 Å². The number of carbonyl (C=O) groups excluding carboxylic acids is 1. The maximum absolute atomic E-state index is 12.5. The average Bonchev–Trinajstić information content (AvgIpc) is 3.19. The predicted molar refractivity (Wildman–Crippen MR) is 104 cm³/mol. The number of ether oxygens (including phenoxy) is 1. The number of carbonyl (C=O) groups is 1. The van der Waals surface area contributed by atoms with Crippen LogP contribution in [0.25, 0.3) is 27.3 Å². The lowest BCUT2D eigenvalue weighted by atomic mass is 10.0. The molecule has 0 saturated carbocycles. The summed E-state index contributed by atoms with van der Waals surface area (Å²) in [6.07, 6.45) is 5.07. The molecule has 28 heavy (non-hydrogen) atoms. The lowest BCUT2D eigenvalue weighted by Crippen LogP contribution is -2.08. The molecule has 6 nitrogen and oxygen atoms in total. The van der Waals surface area contributed by atoms with E-state index in [-0.39, 0.29) is 6.61 Å². The van der Waals surface area contributed by atoms with Crippen molar-refractivity contribution >= 4 is 33.2 Å². The minimum Gasteiger partial charge on any atom is -0.457 e. The number of aromatic nitrogens is 2. The standard InChI is InChI=1S/C22H14N2O4/c25-20-10-16(21-18-4-2-1-3-14(18)5-6-19(21)28-20)12-27-22(26)15-7-8-24-13-23-11-17(24)9-15/h1-11,13H,12H2. The minimum atomic E-state index is -0.477. The molecule has 0 bridgehead atoms. The molecule has 0 fully saturated rings. The number of benzene rings is 2. The minimum absolute atomic E-state index is 0.0284. The van der Waals surface area contributed by atoms with Crippen LogP contribution in [0, 0.1) is 0 Å². The summed E-state index contributed by atoms with van der Waals surface area (Å²) in [5.74, 6) is -0.467. The Labute approximate surface area is 158 Å². The number of rotatable bonds is 3. The van der Waals surface area contributed by atoms with Crippen LogP contribution in [0.1, 0.15) is 15.9 Å². The highest BCUT2D eigenvalue weighted by Crippen LogP contribution is 2.28. The number of fused-ring (bicyclic) bond motifs is 4. The second-order valence-electron chi connectivity index (χ2n) is 6.47. The smallest absolute Gasteiger partial charge is 0.338 e. The maximum Gasteiger partial charge on any atom is 0.338 e. The topological polar surface area (TPSA) is 73.8 Å². The van der Waals surface area contributed by atoms with E-state index in [1.54, 1.807) is 41.3 Å². The highest BCUT2D eigenvalue weighted by molar-refractivity contribution is 6.07. The molecule has 136 valence electrons. The molecule has 0 aliphatic rings. The molecule has 3 heterocycles. The third-order valence-electron chi connectivity index (χ3n) is 4.72. The van der Waals surface area contributed by atoms with Crippen molar-refractivity contribution in [2.45, 2.75) is 6.61 Å². The molecule has 2 aromatic carbocycles. The Balaban J connectivity index is 1.53.